The molecule has 0 bridgehead atoms. The van der Waals surface area contributed by atoms with Crippen LogP contribution in [0, 0.1) is 5.92 Å². The molecule has 0 heterocycles. The number of nitrogens with zero attached hydrogens (tertiary/aromatic N) is 1. The molecule has 15 heavy (non-hydrogen) atoms. The lowest BCUT2D eigenvalue weighted by atomic mass is 10.1. The van der Waals surface area contributed by atoms with Gasteiger partial charge >= 0.3 is 0 Å². The van der Waals surface area contributed by atoms with E-state index in [1.165, 1.54) is 0 Å². The fraction of sp³-hybridized carbons (Fsp3) is 0.154. The maximum absolute atomic E-state index is 6.03. The van der Waals surface area contributed by atoms with Gasteiger partial charge in [0, 0.05) is 11.6 Å². The average molecular weight is 218 g/mol. The predicted octanol–water partition coefficient (Wildman–Crippen LogP) is 4.17. The molecule has 1 aromatic carbocycles. The number of hydrogen-bond acceptors (Lipinski definition) is 1. The first-order valence-electron chi connectivity index (χ1n) is 4.92. The van der Waals surface area contributed by atoms with Crippen LogP contribution in [0.3, 0.4) is 0 Å². The van der Waals surface area contributed by atoms with Crippen molar-refractivity contribution in [1.29, 1.82) is 0 Å². The Morgan fingerprint density at radius 1 is 1.20 bits per heavy atom. The van der Waals surface area contributed by atoms with Gasteiger partial charge < -0.3 is 0 Å². The van der Waals surface area contributed by atoms with E-state index >= 15 is 0 Å². The van der Waals surface area contributed by atoms with E-state index in [2.05, 4.69) is 17.1 Å². The SMILES string of the molecule is CC(=Nc1ccccc1Cl)C1C=CC=C1. The Hall–Kier alpha value is -1.34. The van der Waals surface area contributed by atoms with Crippen LogP contribution in [0.1, 0.15) is 6.92 Å². The van der Waals surface area contributed by atoms with Gasteiger partial charge in [-0.05, 0) is 19.1 Å². The molecule has 76 valence electrons. The van der Waals surface area contributed by atoms with Crippen molar-refractivity contribution in [2.45, 2.75) is 6.92 Å². The first-order valence-corrected chi connectivity index (χ1v) is 5.30. The highest BCUT2D eigenvalue weighted by Gasteiger charge is 2.07. The summed E-state index contributed by atoms with van der Waals surface area (Å²) in [6.45, 7) is 2.02. The van der Waals surface area contributed by atoms with Gasteiger partial charge in [0.25, 0.3) is 0 Å². The van der Waals surface area contributed by atoms with Crippen molar-refractivity contribution in [2.24, 2.45) is 10.9 Å². The van der Waals surface area contributed by atoms with Crippen molar-refractivity contribution < 1.29 is 0 Å². The van der Waals surface area contributed by atoms with Gasteiger partial charge in [-0.3, -0.25) is 4.99 Å². The molecular formula is C13H12ClN. The summed E-state index contributed by atoms with van der Waals surface area (Å²) >= 11 is 6.03. The van der Waals surface area contributed by atoms with Crippen LogP contribution >= 0.6 is 11.6 Å². The molecule has 0 aliphatic heterocycles. The monoisotopic (exact) mass is 217 g/mol. The van der Waals surface area contributed by atoms with Crippen molar-refractivity contribution in [3.05, 3.63) is 53.6 Å². The molecular weight excluding hydrogens is 206 g/mol. The average Bonchev–Trinajstić information content (AvgIpc) is 2.74. The van der Waals surface area contributed by atoms with Crippen molar-refractivity contribution in [3.8, 4) is 0 Å². The molecule has 1 nitrogen and oxygen atoms in total. The van der Waals surface area contributed by atoms with Crippen molar-refractivity contribution in [3.63, 3.8) is 0 Å². The van der Waals surface area contributed by atoms with E-state index in [1.54, 1.807) is 0 Å². The molecule has 1 aromatic rings. The Balaban J connectivity index is 2.26. The smallest absolute Gasteiger partial charge is 0.0815 e. The van der Waals surface area contributed by atoms with Gasteiger partial charge in [-0.2, -0.15) is 0 Å². The van der Waals surface area contributed by atoms with Crippen LogP contribution in [0.2, 0.25) is 5.02 Å². The molecule has 0 spiro atoms. The van der Waals surface area contributed by atoms with Gasteiger partial charge in [0.2, 0.25) is 0 Å². The van der Waals surface area contributed by atoms with Crippen LogP contribution in [0.5, 0.6) is 0 Å². The number of para-hydroxylation sites is 1. The molecule has 0 N–H and O–H groups in total. The summed E-state index contributed by atoms with van der Waals surface area (Å²) in [5.74, 6) is 0.321. The van der Waals surface area contributed by atoms with Crippen molar-refractivity contribution >= 4 is 23.0 Å². The minimum Gasteiger partial charge on any atom is -0.256 e. The van der Waals surface area contributed by atoms with E-state index < -0.39 is 0 Å². The lowest BCUT2D eigenvalue weighted by Gasteiger charge is -2.05. The topological polar surface area (TPSA) is 12.4 Å². The van der Waals surface area contributed by atoms with Crippen LogP contribution in [0.15, 0.2) is 53.6 Å². The Morgan fingerprint density at radius 3 is 2.53 bits per heavy atom. The highest BCUT2D eigenvalue weighted by atomic mass is 35.5. The minimum absolute atomic E-state index is 0.321. The summed E-state index contributed by atoms with van der Waals surface area (Å²) in [5.41, 5.74) is 1.90. The lowest BCUT2D eigenvalue weighted by Crippen LogP contribution is -2.02. The Kier molecular flexibility index (Phi) is 3.02. The zero-order valence-corrected chi connectivity index (χ0v) is 9.28. The van der Waals surface area contributed by atoms with E-state index in [0.29, 0.717) is 10.9 Å². The number of halogens is 1. The molecule has 0 atom stereocenters. The first kappa shape index (κ1) is 10.2. The Morgan fingerprint density at radius 2 is 1.87 bits per heavy atom. The van der Waals surface area contributed by atoms with E-state index in [9.17, 15) is 0 Å². The molecule has 0 unspecified atom stereocenters. The van der Waals surface area contributed by atoms with Crippen LogP contribution < -0.4 is 0 Å². The largest absolute Gasteiger partial charge is 0.256 e. The standard InChI is InChI=1S/C13H12ClN/c1-10(11-6-2-3-7-11)15-13-9-5-4-8-12(13)14/h2-9,11H,1H3. The normalized spacial score (nSPS) is 16.3. The Labute approximate surface area is 94.8 Å². The number of benzene rings is 1. The number of aliphatic imine (C=N–C) groups is 1. The molecule has 0 fully saturated rings. The number of allylic oxidation sites excluding steroid dienone is 4. The van der Waals surface area contributed by atoms with Crippen LogP contribution in [-0.4, -0.2) is 5.71 Å². The predicted molar refractivity (Wildman–Crippen MR) is 66.0 cm³/mol. The van der Waals surface area contributed by atoms with Gasteiger partial charge in [0.1, 0.15) is 0 Å². The fourth-order valence-electron chi connectivity index (χ4n) is 1.52. The second kappa shape index (κ2) is 4.45. The molecule has 0 aromatic heterocycles. The third-order valence-corrected chi connectivity index (χ3v) is 2.70. The van der Waals surface area contributed by atoms with E-state index in [1.807, 2.05) is 43.3 Å². The maximum atomic E-state index is 6.03. The first-order chi connectivity index (χ1) is 7.27. The molecule has 0 saturated heterocycles. The summed E-state index contributed by atoms with van der Waals surface area (Å²) in [7, 11) is 0. The maximum Gasteiger partial charge on any atom is 0.0815 e. The number of hydrogen-bond donors (Lipinski definition) is 0. The molecule has 1 aliphatic rings. The number of rotatable bonds is 2. The second-order valence-electron chi connectivity index (χ2n) is 3.50. The quantitative estimate of drug-likeness (QED) is 0.660. The van der Waals surface area contributed by atoms with Gasteiger partial charge in [0.15, 0.2) is 0 Å². The summed E-state index contributed by atoms with van der Waals surface area (Å²) in [6.07, 6.45) is 8.32. The highest BCUT2D eigenvalue weighted by Crippen LogP contribution is 2.25. The minimum atomic E-state index is 0.321. The van der Waals surface area contributed by atoms with E-state index in [-0.39, 0.29) is 0 Å². The lowest BCUT2D eigenvalue weighted by molar-refractivity contribution is 1.14. The summed E-state index contributed by atoms with van der Waals surface area (Å²) in [4.78, 5) is 4.52. The van der Waals surface area contributed by atoms with Crippen LogP contribution in [0.25, 0.3) is 0 Å². The highest BCUT2D eigenvalue weighted by molar-refractivity contribution is 6.33. The van der Waals surface area contributed by atoms with E-state index in [4.69, 9.17) is 11.6 Å². The van der Waals surface area contributed by atoms with Crippen LogP contribution in [0.4, 0.5) is 5.69 Å². The van der Waals surface area contributed by atoms with Crippen LogP contribution in [-0.2, 0) is 0 Å². The molecule has 0 radical (unpaired) electrons. The molecule has 0 amide bonds. The van der Waals surface area contributed by atoms with Gasteiger partial charge in [-0.15, -0.1) is 0 Å². The Bertz CT molecular complexity index is 432. The fourth-order valence-corrected chi connectivity index (χ4v) is 1.70. The third kappa shape index (κ3) is 2.37. The zero-order chi connectivity index (χ0) is 10.7. The zero-order valence-electron chi connectivity index (χ0n) is 8.52. The molecule has 1 aliphatic carbocycles. The third-order valence-electron chi connectivity index (χ3n) is 2.38. The second-order valence-corrected chi connectivity index (χ2v) is 3.91. The van der Waals surface area contributed by atoms with E-state index in [0.717, 1.165) is 11.4 Å². The molecule has 2 heteroatoms. The van der Waals surface area contributed by atoms with Crippen molar-refractivity contribution in [1.82, 2.24) is 0 Å². The summed E-state index contributed by atoms with van der Waals surface area (Å²) in [5, 5.41) is 0.697. The molecule has 2 rings (SSSR count). The van der Waals surface area contributed by atoms with Gasteiger partial charge in [-0.1, -0.05) is 48.0 Å². The van der Waals surface area contributed by atoms with Gasteiger partial charge in [0.05, 0.1) is 10.7 Å². The summed E-state index contributed by atoms with van der Waals surface area (Å²) in [6, 6.07) is 7.63. The summed E-state index contributed by atoms with van der Waals surface area (Å²) < 4.78 is 0. The van der Waals surface area contributed by atoms with Crippen molar-refractivity contribution in [2.75, 3.05) is 0 Å². The van der Waals surface area contributed by atoms with Gasteiger partial charge in [-0.25, -0.2) is 0 Å². The molecule has 0 saturated carbocycles.